The highest BCUT2D eigenvalue weighted by molar-refractivity contribution is 8.00. The Bertz CT molecular complexity index is 413. The average Bonchev–Trinajstić information content (AvgIpc) is 2.01. The monoisotopic (exact) mass is 231 g/mol. The first-order valence-electron chi connectivity index (χ1n) is 4.20. The first kappa shape index (κ1) is 11.6. The van der Waals surface area contributed by atoms with Crippen LogP contribution < -0.4 is 5.14 Å². The number of thioether (sulfide) groups is 1. The van der Waals surface area contributed by atoms with Gasteiger partial charge in [-0.1, -0.05) is 26.0 Å². The van der Waals surface area contributed by atoms with Crippen molar-refractivity contribution in [2.45, 2.75) is 28.9 Å². The van der Waals surface area contributed by atoms with Gasteiger partial charge in [0.15, 0.2) is 0 Å². The molecule has 0 aliphatic heterocycles. The number of hydrogen-bond acceptors (Lipinski definition) is 3. The van der Waals surface area contributed by atoms with E-state index in [1.165, 1.54) is 17.8 Å². The highest BCUT2D eigenvalue weighted by atomic mass is 32.2. The van der Waals surface area contributed by atoms with Gasteiger partial charge in [-0.05, 0) is 12.1 Å². The fourth-order valence-corrected chi connectivity index (χ4v) is 3.00. The number of hydrogen-bond donors (Lipinski definition) is 1. The van der Waals surface area contributed by atoms with Crippen molar-refractivity contribution in [3.63, 3.8) is 0 Å². The van der Waals surface area contributed by atoms with E-state index in [4.69, 9.17) is 5.14 Å². The van der Waals surface area contributed by atoms with Crippen LogP contribution in [0.1, 0.15) is 13.8 Å². The van der Waals surface area contributed by atoms with E-state index in [-0.39, 0.29) is 4.90 Å². The zero-order valence-electron chi connectivity index (χ0n) is 8.10. The Balaban J connectivity index is 3.17. The molecule has 78 valence electrons. The summed E-state index contributed by atoms with van der Waals surface area (Å²) in [5.41, 5.74) is 0. The molecule has 5 heteroatoms. The molecule has 0 aromatic heterocycles. The van der Waals surface area contributed by atoms with Crippen molar-refractivity contribution >= 4 is 21.8 Å². The van der Waals surface area contributed by atoms with Crippen LogP contribution in [0, 0.1) is 0 Å². The summed E-state index contributed by atoms with van der Waals surface area (Å²) in [7, 11) is -3.60. The van der Waals surface area contributed by atoms with Crippen molar-refractivity contribution in [3.8, 4) is 0 Å². The molecule has 3 nitrogen and oxygen atoms in total. The number of nitrogens with two attached hydrogens (primary N) is 1. The standard InChI is InChI=1S/C9H13NO2S2/c1-7(2)13-8-5-3-4-6-9(8)14(10,11)12/h3-7H,1-2H3,(H2,10,11,12). The van der Waals surface area contributed by atoms with E-state index < -0.39 is 10.0 Å². The number of benzene rings is 1. The lowest BCUT2D eigenvalue weighted by atomic mass is 10.4. The molecular formula is C9H13NO2S2. The highest BCUT2D eigenvalue weighted by Gasteiger charge is 2.13. The van der Waals surface area contributed by atoms with Gasteiger partial charge < -0.3 is 0 Å². The molecule has 1 aromatic carbocycles. The third-order valence-electron chi connectivity index (χ3n) is 1.52. The normalized spacial score (nSPS) is 12.0. The molecule has 0 amide bonds. The van der Waals surface area contributed by atoms with Gasteiger partial charge in [0.25, 0.3) is 0 Å². The Morgan fingerprint density at radius 1 is 1.29 bits per heavy atom. The third-order valence-corrected chi connectivity index (χ3v) is 3.70. The van der Waals surface area contributed by atoms with Gasteiger partial charge in [0.05, 0.1) is 4.90 Å². The second-order valence-electron chi connectivity index (χ2n) is 3.16. The van der Waals surface area contributed by atoms with Crippen LogP contribution in [0.5, 0.6) is 0 Å². The molecule has 0 saturated heterocycles. The molecular weight excluding hydrogens is 218 g/mol. The summed E-state index contributed by atoms with van der Waals surface area (Å²) in [6, 6.07) is 6.77. The lowest BCUT2D eigenvalue weighted by Gasteiger charge is -2.08. The van der Waals surface area contributed by atoms with E-state index >= 15 is 0 Å². The molecule has 0 aliphatic rings. The predicted octanol–water partition coefficient (Wildman–Crippen LogP) is 1.83. The van der Waals surface area contributed by atoms with Crippen molar-refractivity contribution in [2.24, 2.45) is 5.14 Å². The fraction of sp³-hybridized carbons (Fsp3) is 0.333. The molecule has 0 spiro atoms. The van der Waals surface area contributed by atoms with E-state index in [2.05, 4.69) is 0 Å². The summed E-state index contributed by atoms with van der Waals surface area (Å²) in [6.45, 7) is 4.01. The van der Waals surface area contributed by atoms with Gasteiger partial charge in [0.2, 0.25) is 10.0 Å². The van der Waals surface area contributed by atoms with Crippen LogP contribution in [-0.4, -0.2) is 13.7 Å². The van der Waals surface area contributed by atoms with Crippen LogP contribution in [0.25, 0.3) is 0 Å². The Kier molecular flexibility index (Phi) is 3.58. The minimum atomic E-state index is -3.60. The van der Waals surface area contributed by atoms with Gasteiger partial charge in [0, 0.05) is 10.1 Å². The summed E-state index contributed by atoms with van der Waals surface area (Å²) < 4.78 is 22.4. The van der Waals surface area contributed by atoms with E-state index in [1.54, 1.807) is 18.2 Å². The second kappa shape index (κ2) is 4.33. The third kappa shape index (κ3) is 3.01. The quantitative estimate of drug-likeness (QED) is 0.807. The predicted molar refractivity (Wildman–Crippen MR) is 58.8 cm³/mol. The van der Waals surface area contributed by atoms with Crippen LogP contribution in [0.15, 0.2) is 34.1 Å². The van der Waals surface area contributed by atoms with E-state index in [0.717, 1.165) is 0 Å². The van der Waals surface area contributed by atoms with E-state index in [0.29, 0.717) is 10.1 Å². The van der Waals surface area contributed by atoms with Gasteiger partial charge >= 0.3 is 0 Å². The van der Waals surface area contributed by atoms with Gasteiger partial charge in [-0.2, -0.15) is 0 Å². The summed E-state index contributed by atoms with van der Waals surface area (Å²) in [6.07, 6.45) is 0. The number of primary sulfonamides is 1. The smallest absolute Gasteiger partial charge is 0.225 e. The van der Waals surface area contributed by atoms with Gasteiger partial charge in [-0.3, -0.25) is 0 Å². The summed E-state index contributed by atoms with van der Waals surface area (Å²) in [4.78, 5) is 0.920. The van der Waals surface area contributed by atoms with Crippen molar-refractivity contribution in [1.82, 2.24) is 0 Å². The molecule has 0 aliphatic carbocycles. The minimum Gasteiger partial charge on any atom is -0.225 e. The molecule has 14 heavy (non-hydrogen) atoms. The van der Waals surface area contributed by atoms with Gasteiger partial charge in [0.1, 0.15) is 0 Å². The maximum atomic E-state index is 11.2. The molecule has 0 fully saturated rings. The summed E-state index contributed by atoms with van der Waals surface area (Å²) in [5, 5.41) is 5.42. The molecule has 0 radical (unpaired) electrons. The Hall–Kier alpha value is -0.520. The Morgan fingerprint density at radius 3 is 2.36 bits per heavy atom. The molecule has 0 saturated carbocycles. The number of sulfonamides is 1. The first-order chi connectivity index (χ1) is 6.41. The summed E-state index contributed by atoms with van der Waals surface area (Å²) >= 11 is 1.49. The molecule has 0 unspecified atom stereocenters. The molecule has 2 N–H and O–H groups in total. The SMILES string of the molecule is CC(C)Sc1ccccc1S(N)(=O)=O. The zero-order valence-corrected chi connectivity index (χ0v) is 9.73. The van der Waals surface area contributed by atoms with Crippen LogP contribution in [0.3, 0.4) is 0 Å². The summed E-state index contributed by atoms with van der Waals surface area (Å²) in [5.74, 6) is 0. The van der Waals surface area contributed by atoms with Gasteiger partial charge in [-0.25, -0.2) is 13.6 Å². The van der Waals surface area contributed by atoms with Gasteiger partial charge in [-0.15, -0.1) is 11.8 Å². The molecule has 0 bridgehead atoms. The molecule has 1 rings (SSSR count). The van der Waals surface area contributed by atoms with Crippen LogP contribution in [0.2, 0.25) is 0 Å². The number of rotatable bonds is 3. The lowest BCUT2D eigenvalue weighted by molar-refractivity contribution is 0.596. The lowest BCUT2D eigenvalue weighted by Crippen LogP contribution is -2.13. The zero-order chi connectivity index (χ0) is 10.8. The largest absolute Gasteiger partial charge is 0.239 e. The van der Waals surface area contributed by atoms with Crippen LogP contribution >= 0.6 is 11.8 Å². The highest BCUT2D eigenvalue weighted by Crippen LogP contribution is 2.28. The second-order valence-corrected chi connectivity index (χ2v) is 6.31. The van der Waals surface area contributed by atoms with Crippen molar-refractivity contribution < 1.29 is 8.42 Å². The topological polar surface area (TPSA) is 60.2 Å². The molecule has 1 aromatic rings. The average molecular weight is 231 g/mol. The maximum Gasteiger partial charge on any atom is 0.239 e. The first-order valence-corrected chi connectivity index (χ1v) is 6.62. The Morgan fingerprint density at radius 2 is 1.86 bits per heavy atom. The van der Waals surface area contributed by atoms with Crippen molar-refractivity contribution in [3.05, 3.63) is 24.3 Å². The maximum absolute atomic E-state index is 11.2. The fourth-order valence-electron chi connectivity index (χ4n) is 1.04. The van der Waals surface area contributed by atoms with E-state index in [1.807, 2.05) is 13.8 Å². The van der Waals surface area contributed by atoms with Crippen molar-refractivity contribution in [2.75, 3.05) is 0 Å². The minimum absolute atomic E-state index is 0.207. The van der Waals surface area contributed by atoms with Crippen LogP contribution in [-0.2, 0) is 10.0 Å². The molecule has 0 atom stereocenters. The van der Waals surface area contributed by atoms with Crippen molar-refractivity contribution in [1.29, 1.82) is 0 Å². The van der Waals surface area contributed by atoms with Crippen LogP contribution in [0.4, 0.5) is 0 Å². The molecule has 0 heterocycles. The van der Waals surface area contributed by atoms with E-state index in [9.17, 15) is 8.42 Å². The Labute approximate surface area is 88.8 Å².